The van der Waals surface area contributed by atoms with Crippen molar-refractivity contribution in [2.24, 2.45) is 0 Å². The number of imidazole rings is 1. The van der Waals surface area contributed by atoms with Gasteiger partial charge in [-0.05, 0) is 55.6 Å². The lowest BCUT2D eigenvalue weighted by Crippen LogP contribution is -1.99. The van der Waals surface area contributed by atoms with Gasteiger partial charge in [-0.3, -0.25) is 0 Å². The topological polar surface area (TPSA) is 48.6 Å². The molecule has 0 fully saturated rings. The molecule has 0 bridgehead atoms. The maximum atomic E-state index is 11.3. The number of thiophene rings is 1. The van der Waals surface area contributed by atoms with Gasteiger partial charge in [0.25, 0.3) is 0 Å². The predicted molar refractivity (Wildman–Crippen MR) is 89.4 cm³/mol. The molecule has 7 heteroatoms. The first-order chi connectivity index (χ1) is 9.04. The second kappa shape index (κ2) is 5.20. The fraction of sp³-hybridized carbons (Fsp3) is 0.0833. The zero-order valence-electron chi connectivity index (χ0n) is 9.34. The van der Waals surface area contributed by atoms with E-state index in [1.165, 1.54) is 4.88 Å². The van der Waals surface area contributed by atoms with Gasteiger partial charge < -0.3 is 9.97 Å². The van der Waals surface area contributed by atoms with E-state index in [0.717, 1.165) is 24.9 Å². The Hall–Kier alpha value is -0.370. The van der Waals surface area contributed by atoms with Gasteiger partial charge in [0.05, 0.1) is 19.6 Å². The number of rotatable bonds is 2. The van der Waals surface area contributed by atoms with Crippen molar-refractivity contribution in [2.75, 3.05) is 0 Å². The van der Waals surface area contributed by atoms with Crippen molar-refractivity contribution < 1.29 is 0 Å². The summed E-state index contributed by atoms with van der Waals surface area (Å²) in [5, 5.41) is 0. The van der Waals surface area contributed by atoms with Crippen molar-refractivity contribution in [3.63, 3.8) is 0 Å². The van der Waals surface area contributed by atoms with Crippen LogP contribution in [0.1, 0.15) is 15.3 Å². The highest BCUT2D eigenvalue weighted by Crippen LogP contribution is 2.41. The maximum Gasteiger partial charge on any atom is 0.323 e. The molecule has 0 aliphatic heterocycles. The van der Waals surface area contributed by atoms with E-state index in [2.05, 4.69) is 63.8 Å². The number of nitrogens with one attached hydrogen (secondary N) is 2. The van der Waals surface area contributed by atoms with Crippen molar-refractivity contribution in [3.05, 3.63) is 53.4 Å². The third-order valence-corrected chi connectivity index (χ3v) is 7.39. The molecule has 3 rings (SSSR count). The lowest BCUT2D eigenvalue weighted by Gasteiger charge is -2.07. The number of aromatic amines is 2. The van der Waals surface area contributed by atoms with Crippen LogP contribution in [0.25, 0.3) is 11.0 Å². The molecule has 2 heterocycles. The lowest BCUT2D eigenvalue weighted by molar-refractivity contribution is 1.21. The van der Waals surface area contributed by atoms with E-state index in [1.807, 2.05) is 18.2 Å². The highest BCUT2D eigenvalue weighted by atomic mass is 79.9. The number of hydrogen-bond donors (Lipinski definition) is 2. The molecule has 0 amide bonds. The van der Waals surface area contributed by atoms with Crippen LogP contribution >= 0.6 is 59.1 Å². The zero-order valence-corrected chi connectivity index (χ0v) is 14.9. The van der Waals surface area contributed by atoms with Crippen LogP contribution in [0.2, 0.25) is 0 Å². The van der Waals surface area contributed by atoms with Crippen LogP contribution in [-0.2, 0) is 0 Å². The van der Waals surface area contributed by atoms with Gasteiger partial charge in [0.2, 0.25) is 0 Å². The molecule has 0 saturated carbocycles. The summed E-state index contributed by atoms with van der Waals surface area (Å²) in [6, 6.07) is 7.98. The van der Waals surface area contributed by atoms with E-state index in [4.69, 9.17) is 0 Å². The van der Waals surface area contributed by atoms with E-state index in [-0.39, 0.29) is 10.5 Å². The quantitative estimate of drug-likeness (QED) is 0.517. The molecular weight excluding hydrogens is 460 g/mol. The highest BCUT2D eigenvalue weighted by molar-refractivity contribution is 9.13. The summed E-state index contributed by atoms with van der Waals surface area (Å²) in [7, 11) is 0. The molecule has 2 N–H and O–H groups in total. The summed E-state index contributed by atoms with van der Waals surface area (Å²) in [4.78, 5) is 18.1. The minimum absolute atomic E-state index is 0.0999. The Labute approximate surface area is 137 Å². The van der Waals surface area contributed by atoms with Gasteiger partial charge in [0.1, 0.15) is 0 Å². The largest absolute Gasteiger partial charge is 0.323 e. The maximum absolute atomic E-state index is 11.3. The highest BCUT2D eigenvalue weighted by Gasteiger charge is 2.15. The number of aromatic nitrogens is 2. The predicted octanol–water partition coefficient (Wildman–Crippen LogP) is 4.93. The first-order valence-corrected chi connectivity index (χ1v) is 8.67. The minimum atomic E-state index is -0.181. The molecule has 3 nitrogen and oxygen atoms in total. The van der Waals surface area contributed by atoms with Gasteiger partial charge in [-0.15, -0.1) is 11.3 Å². The molecular formula is C12H7Br3N2OS. The molecule has 1 unspecified atom stereocenters. The van der Waals surface area contributed by atoms with Crippen LogP contribution in [0.5, 0.6) is 0 Å². The Morgan fingerprint density at radius 3 is 2.53 bits per heavy atom. The van der Waals surface area contributed by atoms with Gasteiger partial charge in [-0.1, -0.05) is 22.0 Å². The van der Waals surface area contributed by atoms with Crippen LogP contribution in [-0.4, -0.2) is 9.97 Å². The smallest absolute Gasteiger partial charge is 0.306 e. The SMILES string of the molecule is O=c1[nH]c2ccc(C(Br)c3cc(Br)c(Br)s3)cc2[nH]1. The summed E-state index contributed by atoms with van der Waals surface area (Å²) >= 11 is 12.4. The second-order valence-electron chi connectivity index (χ2n) is 4.02. The van der Waals surface area contributed by atoms with Crippen molar-refractivity contribution in [3.8, 4) is 0 Å². The van der Waals surface area contributed by atoms with Crippen LogP contribution < -0.4 is 5.69 Å². The van der Waals surface area contributed by atoms with Crippen molar-refractivity contribution in [2.45, 2.75) is 4.83 Å². The first kappa shape index (κ1) is 13.6. The fourth-order valence-electron chi connectivity index (χ4n) is 1.86. The number of hydrogen-bond acceptors (Lipinski definition) is 2. The molecule has 0 aliphatic carbocycles. The molecule has 0 spiro atoms. The third-order valence-electron chi connectivity index (χ3n) is 2.75. The second-order valence-corrected chi connectivity index (χ2v) is 8.19. The van der Waals surface area contributed by atoms with E-state index in [1.54, 1.807) is 11.3 Å². The Kier molecular flexibility index (Phi) is 3.72. The summed E-state index contributed by atoms with van der Waals surface area (Å²) in [5.74, 6) is 0. The van der Waals surface area contributed by atoms with Gasteiger partial charge in [0, 0.05) is 9.35 Å². The molecule has 98 valence electrons. The summed E-state index contributed by atoms with van der Waals surface area (Å²) in [5.41, 5.74) is 2.56. The first-order valence-electron chi connectivity index (χ1n) is 5.35. The number of fused-ring (bicyclic) bond motifs is 1. The molecule has 2 aromatic heterocycles. The number of halogens is 3. The fourth-order valence-corrected chi connectivity index (χ4v) is 4.65. The average Bonchev–Trinajstić information content (AvgIpc) is 2.90. The van der Waals surface area contributed by atoms with E-state index in [9.17, 15) is 4.79 Å². The summed E-state index contributed by atoms with van der Waals surface area (Å²) in [6.07, 6.45) is 0. The Morgan fingerprint density at radius 1 is 1.11 bits per heavy atom. The number of H-pyrrole nitrogens is 2. The van der Waals surface area contributed by atoms with Crippen molar-refractivity contribution in [1.29, 1.82) is 0 Å². The van der Waals surface area contributed by atoms with E-state index in [0.29, 0.717) is 0 Å². The van der Waals surface area contributed by atoms with Gasteiger partial charge in [0.15, 0.2) is 0 Å². The average molecular weight is 467 g/mol. The van der Waals surface area contributed by atoms with Crippen LogP contribution in [0.3, 0.4) is 0 Å². The molecule has 0 aliphatic rings. The lowest BCUT2D eigenvalue weighted by atomic mass is 10.1. The van der Waals surface area contributed by atoms with Crippen molar-refractivity contribution >= 4 is 70.2 Å². The summed E-state index contributed by atoms with van der Waals surface area (Å²) in [6.45, 7) is 0. The van der Waals surface area contributed by atoms with E-state index < -0.39 is 0 Å². The Bertz CT molecular complexity index is 785. The minimum Gasteiger partial charge on any atom is -0.306 e. The molecule has 1 aromatic carbocycles. The number of alkyl halides is 1. The van der Waals surface area contributed by atoms with Gasteiger partial charge in [-0.2, -0.15) is 0 Å². The molecule has 0 saturated heterocycles. The van der Waals surface area contributed by atoms with Crippen LogP contribution in [0.4, 0.5) is 0 Å². The molecule has 3 aromatic rings. The Morgan fingerprint density at radius 2 is 1.84 bits per heavy atom. The van der Waals surface area contributed by atoms with Gasteiger partial charge >= 0.3 is 5.69 Å². The van der Waals surface area contributed by atoms with Crippen LogP contribution in [0.15, 0.2) is 37.3 Å². The zero-order chi connectivity index (χ0) is 13.6. The van der Waals surface area contributed by atoms with E-state index >= 15 is 0 Å². The van der Waals surface area contributed by atoms with Gasteiger partial charge in [-0.25, -0.2) is 4.79 Å². The number of benzene rings is 1. The monoisotopic (exact) mass is 464 g/mol. The van der Waals surface area contributed by atoms with Crippen LogP contribution in [0, 0.1) is 0 Å². The Balaban J connectivity index is 2.05. The summed E-state index contributed by atoms with van der Waals surface area (Å²) < 4.78 is 2.12. The molecule has 0 radical (unpaired) electrons. The normalized spacial score (nSPS) is 13.0. The van der Waals surface area contributed by atoms with Crippen molar-refractivity contribution in [1.82, 2.24) is 9.97 Å². The molecule has 1 atom stereocenters. The molecule has 19 heavy (non-hydrogen) atoms. The standard InChI is InChI=1S/C12H7Br3N2OS/c13-6-4-9(19-11(6)15)10(14)5-1-2-7-8(3-5)17-12(18)16-7/h1-4,10H,(H2,16,17,18). The third kappa shape index (κ3) is 2.61.